The number of para-hydroxylation sites is 2. The molecule has 128 valence electrons. The Bertz CT molecular complexity index is 748. The fourth-order valence-corrected chi connectivity index (χ4v) is 2.67. The number of nitrogens with zero attached hydrogens (tertiary/aromatic N) is 4. The third-order valence-corrected chi connectivity index (χ3v) is 3.90. The van der Waals surface area contributed by atoms with E-state index in [0.29, 0.717) is 12.2 Å². The van der Waals surface area contributed by atoms with Gasteiger partial charge in [0.1, 0.15) is 5.69 Å². The Hall–Kier alpha value is -2.45. The van der Waals surface area contributed by atoms with Gasteiger partial charge in [0.05, 0.1) is 4.92 Å². The second-order valence-electron chi connectivity index (χ2n) is 5.44. The van der Waals surface area contributed by atoms with Crippen molar-refractivity contribution >= 4 is 24.0 Å². The molecule has 0 bridgehead atoms. The number of rotatable bonds is 3. The average molecular weight is 352 g/mol. The third kappa shape index (κ3) is 3.39. The molecule has 3 rings (SSSR count). The van der Waals surface area contributed by atoms with Crippen molar-refractivity contribution in [3.05, 3.63) is 52.3 Å². The van der Waals surface area contributed by atoms with Crippen molar-refractivity contribution in [2.45, 2.75) is 13.0 Å². The number of halogens is 1. The lowest BCUT2D eigenvalue weighted by Crippen LogP contribution is -2.52. The number of hydrogen-bond donors (Lipinski definition) is 1. The smallest absolute Gasteiger partial charge is 0.294 e. The molecule has 1 aromatic carbocycles. The van der Waals surface area contributed by atoms with Crippen LogP contribution in [0.3, 0.4) is 0 Å². The molecule has 0 aliphatic carbocycles. The predicted octanol–water partition coefficient (Wildman–Crippen LogP) is 1.64. The van der Waals surface area contributed by atoms with Gasteiger partial charge in [-0.1, -0.05) is 12.1 Å². The van der Waals surface area contributed by atoms with Crippen molar-refractivity contribution in [1.29, 1.82) is 0 Å². The molecule has 1 atom stereocenters. The summed E-state index contributed by atoms with van der Waals surface area (Å²) in [6.45, 7) is 4.10. The Morgan fingerprint density at radius 1 is 1.38 bits per heavy atom. The monoisotopic (exact) mass is 351 g/mol. The van der Waals surface area contributed by atoms with Crippen molar-refractivity contribution in [3.8, 4) is 5.69 Å². The van der Waals surface area contributed by atoms with E-state index < -0.39 is 4.92 Å². The fraction of sp³-hybridized carbons (Fsp3) is 0.333. The Morgan fingerprint density at radius 2 is 2.12 bits per heavy atom. The minimum Gasteiger partial charge on any atom is -0.332 e. The second-order valence-corrected chi connectivity index (χ2v) is 5.44. The van der Waals surface area contributed by atoms with E-state index in [1.165, 1.54) is 10.7 Å². The highest BCUT2D eigenvalue weighted by molar-refractivity contribution is 5.92. The summed E-state index contributed by atoms with van der Waals surface area (Å²) in [7, 11) is 0. The summed E-state index contributed by atoms with van der Waals surface area (Å²) in [6.07, 6.45) is 1.57. The Morgan fingerprint density at radius 3 is 2.83 bits per heavy atom. The molecule has 1 aliphatic heterocycles. The van der Waals surface area contributed by atoms with Gasteiger partial charge in [-0.05, 0) is 19.1 Å². The highest BCUT2D eigenvalue weighted by Crippen LogP contribution is 2.22. The molecule has 2 aromatic rings. The maximum absolute atomic E-state index is 12.6. The quantitative estimate of drug-likeness (QED) is 0.670. The molecular weight excluding hydrogens is 334 g/mol. The Balaban J connectivity index is 0.00000208. The first-order valence-corrected chi connectivity index (χ1v) is 7.39. The van der Waals surface area contributed by atoms with Crippen molar-refractivity contribution < 1.29 is 9.72 Å². The number of aromatic nitrogens is 2. The summed E-state index contributed by atoms with van der Waals surface area (Å²) < 4.78 is 1.37. The topological polar surface area (TPSA) is 93.3 Å². The lowest BCUT2D eigenvalue weighted by Gasteiger charge is -2.33. The van der Waals surface area contributed by atoms with Gasteiger partial charge in [-0.15, -0.1) is 12.4 Å². The molecule has 1 N–H and O–H groups in total. The molecule has 24 heavy (non-hydrogen) atoms. The van der Waals surface area contributed by atoms with Crippen LogP contribution in [0.4, 0.5) is 5.69 Å². The molecule has 1 saturated heterocycles. The maximum atomic E-state index is 12.6. The molecular formula is C15H18ClN5O3. The van der Waals surface area contributed by atoms with Crippen molar-refractivity contribution in [1.82, 2.24) is 20.0 Å². The molecule has 1 fully saturated rings. The van der Waals surface area contributed by atoms with Crippen molar-refractivity contribution in [3.63, 3.8) is 0 Å². The van der Waals surface area contributed by atoms with Crippen LogP contribution in [0.5, 0.6) is 0 Å². The normalized spacial score (nSPS) is 17.2. The van der Waals surface area contributed by atoms with Gasteiger partial charge in [-0.3, -0.25) is 14.9 Å². The SMILES string of the molecule is CC1CNCCN1C(=O)c1ccn(-c2ccccc2[N+](=O)[O-])n1.Cl. The first-order valence-electron chi connectivity index (χ1n) is 7.39. The number of amides is 1. The molecule has 1 unspecified atom stereocenters. The molecule has 1 amide bonds. The zero-order chi connectivity index (χ0) is 16.4. The van der Waals surface area contributed by atoms with Gasteiger partial charge in [0, 0.05) is 37.9 Å². The highest BCUT2D eigenvalue weighted by Gasteiger charge is 2.26. The number of carbonyl (C=O) groups excluding carboxylic acids is 1. The van der Waals surface area contributed by atoms with Crippen LogP contribution in [0.15, 0.2) is 36.5 Å². The summed E-state index contributed by atoms with van der Waals surface area (Å²) >= 11 is 0. The zero-order valence-corrected chi connectivity index (χ0v) is 13.9. The first-order chi connectivity index (χ1) is 11.1. The second kappa shape index (κ2) is 7.41. The average Bonchev–Trinajstić information content (AvgIpc) is 3.04. The van der Waals surface area contributed by atoms with Crippen LogP contribution in [0.2, 0.25) is 0 Å². The van der Waals surface area contributed by atoms with Crippen LogP contribution in [-0.2, 0) is 0 Å². The standard InChI is InChI=1S/C15H17N5O3.ClH/c1-11-10-16-7-9-18(11)15(21)12-6-8-19(17-12)13-4-2-3-5-14(13)20(22)23;/h2-6,8,11,16H,7,9-10H2,1H3;1H. The molecule has 8 nitrogen and oxygen atoms in total. The van der Waals surface area contributed by atoms with Gasteiger partial charge in [0.15, 0.2) is 5.69 Å². The number of nitrogens with one attached hydrogen (secondary N) is 1. The summed E-state index contributed by atoms with van der Waals surface area (Å²) in [4.78, 5) is 25.0. The van der Waals surface area contributed by atoms with Crippen LogP contribution in [-0.4, -0.2) is 51.2 Å². The maximum Gasteiger partial charge on any atom is 0.294 e. The summed E-state index contributed by atoms with van der Waals surface area (Å²) in [6, 6.07) is 7.99. The van der Waals surface area contributed by atoms with Crippen LogP contribution >= 0.6 is 12.4 Å². The largest absolute Gasteiger partial charge is 0.332 e. The van der Waals surface area contributed by atoms with Gasteiger partial charge < -0.3 is 10.2 Å². The van der Waals surface area contributed by atoms with Gasteiger partial charge in [0.25, 0.3) is 11.6 Å². The van der Waals surface area contributed by atoms with Gasteiger partial charge in [-0.2, -0.15) is 5.10 Å². The first kappa shape index (κ1) is 17.9. The molecule has 1 aliphatic rings. The van der Waals surface area contributed by atoms with E-state index in [0.717, 1.165) is 13.1 Å². The molecule has 2 heterocycles. The number of nitro benzene ring substituents is 1. The van der Waals surface area contributed by atoms with Gasteiger partial charge >= 0.3 is 0 Å². The van der Waals surface area contributed by atoms with E-state index in [2.05, 4.69) is 10.4 Å². The Kier molecular flexibility index (Phi) is 5.53. The van der Waals surface area contributed by atoms with Crippen LogP contribution < -0.4 is 5.32 Å². The van der Waals surface area contributed by atoms with Crippen LogP contribution in [0.25, 0.3) is 5.69 Å². The van der Waals surface area contributed by atoms with E-state index in [1.807, 2.05) is 6.92 Å². The third-order valence-electron chi connectivity index (χ3n) is 3.90. The lowest BCUT2D eigenvalue weighted by atomic mass is 10.2. The van der Waals surface area contributed by atoms with E-state index in [4.69, 9.17) is 0 Å². The lowest BCUT2D eigenvalue weighted by molar-refractivity contribution is -0.384. The fourth-order valence-electron chi connectivity index (χ4n) is 2.67. The molecule has 1 aromatic heterocycles. The van der Waals surface area contributed by atoms with E-state index in [1.54, 1.807) is 35.4 Å². The Labute approximate surface area is 145 Å². The number of piperazine rings is 1. The minimum absolute atomic E-state index is 0. The van der Waals surface area contributed by atoms with Gasteiger partial charge in [-0.25, -0.2) is 4.68 Å². The summed E-state index contributed by atoms with van der Waals surface area (Å²) in [5.41, 5.74) is 0.576. The van der Waals surface area contributed by atoms with Crippen LogP contribution in [0, 0.1) is 10.1 Å². The summed E-state index contributed by atoms with van der Waals surface area (Å²) in [5, 5.41) is 18.6. The van der Waals surface area contributed by atoms with Crippen LogP contribution in [0.1, 0.15) is 17.4 Å². The molecule has 0 spiro atoms. The number of hydrogen-bond acceptors (Lipinski definition) is 5. The number of carbonyl (C=O) groups is 1. The molecule has 0 saturated carbocycles. The van der Waals surface area contributed by atoms with Crippen molar-refractivity contribution in [2.75, 3.05) is 19.6 Å². The van der Waals surface area contributed by atoms with E-state index in [-0.39, 0.29) is 35.7 Å². The highest BCUT2D eigenvalue weighted by atomic mass is 35.5. The van der Waals surface area contributed by atoms with Crippen molar-refractivity contribution in [2.24, 2.45) is 0 Å². The molecule has 9 heteroatoms. The summed E-state index contributed by atoms with van der Waals surface area (Å²) in [5.74, 6) is -0.156. The number of nitro groups is 1. The van der Waals surface area contributed by atoms with Gasteiger partial charge in [0.2, 0.25) is 0 Å². The molecule has 0 radical (unpaired) electrons. The predicted molar refractivity (Wildman–Crippen MR) is 90.8 cm³/mol. The minimum atomic E-state index is -0.461. The van der Waals surface area contributed by atoms with E-state index >= 15 is 0 Å². The van der Waals surface area contributed by atoms with E-state index in [9.17, 15) is 14.9 Å². The zero-order valence-electron chi connectivity index (χ0n) is 13.1. The number of benzene rings is 1.